The number of rotatable bonds is 7. The highest BCUT2D eigenvalue weighted by Crippen LogP contribution is 2.20. The monoisotopic (exact) mass is 307 g/mol. The van der Waals surface area contributed by atoms with Gasteiger partial charge in [0, 0.05) is 19.6 Å². The van der Waals surface area contributed by atoms with Gasteiger partial charge in [0.25, 0.3) is 5.91 Å². The molecule has 1 heterocycles. The van der Waals surface area contributed by atoms with Crippen LogP contribution in [-0.2, 0) is 4.79 Å². The summed E-state index contributed by atoms with van der Waals surface area (Å²) in [4.78, 5) is 29.7. The lowest BCUT2D eigenvalue weighted by Gasteiger charge is -2.19. The van der Waals surface area contributed by atoms with Gasteiger partial charge in [-0.2, -0.15) is 0 Å². The van der Waals surface area contributed by atoms with E-state index in [9.17, 15) is 9.59 Å². The summed E-state index contributed by atoms with van der Waals surface area (Å²) in [5, 5.41) is 8.78. The topological polar surface area (TPSA) is 85.8 Å². The SMILES string of the molecule is C#CCNC(=NCCCN1C(=O)NC(C)(CC)C1=O)NCC. The molecule has 7 nitrogen and oxygen atoms in total. The van der Waals surface area contributed by atoms with E-state index in [1.54, 1.807) is 6.92 Å². The minimum Gasteiger partial charge on any atom is -0.357 e. The van der Waals surface area contributed by atoms with Gasteiger partial charge in [-0.3, -0.25) is 14.7 Å². The lowest BCUT2D eigenvalue weighted by atomic mass is 9.99. The number of carbonyl (C=O) groups excluding carboxylic acids is 2. The molecule has 0 aromatic rings. The molecular formula is C15H25N5O2. The van der Waals surface area contributed by atoms with Crippen molar-refractivity contribution in [2.45, 2.75) is 39.2 Å². The molecule has 0 saturated carbocycles. The van der Waals surface area contributed by atoms with Gasteiger partial charge >= 0.3 is 6.03 Å². The second kappa shape index (κ2) is 8.27. The van der Waals surface area contributed by atoms with Gasteiger partial charge in [0.05, 0.1) is 6.54 Å². The standard InChI is InChI=1S/C15H25N5O2/c1-5-9-17-13(16-7-3)18-10-8-11-20-12(21)15(4,6-2)19-14(20)22/h1H,6-11H2,2-4H3,(H,19,22)(H2,16,17,18). The molecule has 22 heavy (non-hydrogen) atoms. The van der Waals surface area contributed by atoms with E-state index >= 15 is 0 Å². The molecule has 0 aromatic heterocycles. The number of amides is 3. The number of nitrogens with one attached hydrogen (secondary N) is 3. The van der Waals surface area contributed by atoms with Gasteiger partial charge in [0.2, 0.25) is 0 Å². The van der Waals surface area contributed by atoms with Gasteiger partial charge in [-0.25, -0.2) is 4.79 Å². The molecule has 1 rings (SSSR count). The van der Waals surface area contributed by atoms with Crippen LogP contribution in [0.25, 0.3) is 0 Å². The second-order valence-electron chi connectivity index (χ2n) is 5.24. The van der Waals surface area contributed by atoms with Crippen LogP contribution in [0.15, 0.2) is 4.99 Å². The summed E-state index contributed by atoms with van der Waals surface area (Å²) < 4.78 is 0. The number of nitrogens with zero attached hydrogens (tertiary/aromatic N) is 2. The molecule has 1 unspecified atom stereocenters. The first-order chi connectivity index (χ1) is 10.5. The lowest BCUT2D eigenvalue weighted by Crippen LogP contribution is -2.43. The van der Waals surface area contributed by atoms with E-state index < -0.39 is 5.54 Å². The Labute approximate surface area is 131 Å². The quantitative estimate of drug-likeness (QED) is 0.207. The molecule has 0 radical (unpaired) electrons. The highest BCUT2D eigenvalue weighted by atomic mass is 16.2. The van der Waals surface area contributed by atoms with Crippen molar-refractivity contribution in [2.24, 2.45) is 4.99 Å². The van der Waals surface area contributed by atoms with Crippen molar-refractivity contribution < 1.29 is 9.59 Å². The molecule has 122 valence electrons. The van der Waals surface area contributed by atoms with Gasteiger partial charge < -0.3 is 16.0 Å². The minimum absolute atomic E-state index is 0.165. The third kappa shape index (κ3) is 4.38. The maximum absolute atomic E-state index is 12.2. The molecule has 0 aromatic carbocycles. The van der Waals surface area contributed by atoms with Crippen molar-refractivity contribution in [1.82, 2.24) is 20.9 Å². The van der Waals surface area contributed by atoms with Crippen LogP contribution in [0.5, 0.6) is 0 Å². The third-order valence-electron chi connectivity index (χ3n) is 3.56. The Morgan fingerprint density at radius 3 is 2.68 bits per heavy atom. The van der Waals surface area contributed by atoms with Crippen LogP contribution in [0.3, 0.4) is 0 Å². The number of aliphatic imine (C=N–C) groups is 1. The number of guanidine groups is 1. The fourth-order valence-electron chi connectivity index (χ4n) is 2.09. The van der Waals surface area contributed by atoms with Gasteiger partial charge in [-0.05, 0) is 26.7 Å². The van der Waals surface area contributed by atoms with Crippen molar-refractivity contribution in [3.63, 3.8) is 0 Å². The van der Waals surface area contributed by atoms with Crippen molar-refractivity contribution in [3.8, 4) is 12.3 Å². The van der Waals surface area contributed by atoms with E-state index in [1.165, 1.54) is 4.90 Å². The number of terminal acetylenes is 1. The lowest BCUT2D eigenvalue weighted by molar-refractivity contribution is -0.130. The van der Waals surface area contributed by atoms with E-state index in [4.69, 9.17) is 6.42 Å². The molecule has 1 aliphatic rings. The van der Waals surface area contributed by atoms with Crippen molar-refractivity contribution >= 4 is 17.9 Å². The van der Waals surface area contributed by atoms with Crippen LogP contribution in [0, 0.1) is 12.3 Å². The summed E-state index contributed by atoms with van der Waals surface area (Å²) in [7, 11) is 0. The Bertz CT molecular complexity index is 483. The first kappa shape index (κ1) is 17.8. The highest BCUT2D eigenvalue weighted by molar-refractivity contribution is 6.06. The van der Waals surface area contributed by atoms with E-state index in [0.29, 0.717) is 38.4 Å². The van der Waals surface area contributed by atoms with Gasteiger partial charge in [0.15, 0.2) is 5.96 Å². The zero-order valence-corrected chi connectivity index (χ0v) is 13.5. The molecule has 1 fully saturated rings. The number of hydrogen-bond donors (Lipinski definition) is 3. The average Bonchev–Trinajstić information content (AvgIpc) is 2.72. The largest absolute Gasteiger partial charge is 0.357 e. The third-order valence-corrected chi connectivity index (χ3v) is 3.56. The molecule has 0 bridgehead atoms. The van der Waals surface area contributed by atoms with Gasteiger partial charge in [-0.1, -0.05) is 12.8 Å². The zero-order valence-electron chi connectivity index (χ0n) is 13.5. The maximum Gasteiger partial charge on any atom is 0.325 e. The number of carbonyl (C=O) groups is 2. The van der Waals surface area contributed by atoms with Crippen molar-refractivity contribution in [1.29, 1.82) is 0 Å². The van der Waals surface area contributed by atoms with Gasteiger partial charge in [0.1, 0.15) is 5.54 Å². The number of urea groups is 1. The molecule has 0 aliphatic carbocycles. The molecule has 3 N–H and O–H groups in total. The fourth-order valence-corrected chi connectivity index (χ4v) is 2.09. The normalized spacial score (nSPS) is 21.5. The van der Waals surface area contributed by atoms with E-state index in [2.05, 4.69) is 26.9 Å². The Morgan fingerprint density at radius 1 is 1.41 bits per heavy atom. The first-order valence-corrected chi connectivity index (χ1v) is 7.58. The number of imide groups is 1. The second-order valence-corrected chi connectivity index (χ2v) is 5.24. The number of hydrogen-bond acceptors (Lipinski definition) is 3. The summed E-state index contributed by atoms with van der Waals surface area (Å²) in [5.41, 5.74) is -0.774. The Morgan fingerprint density at radius 2 is 2.14 bits per heavy atom. The highest BCUT2D eigenvalue weighted by Gasteiger charge is 2.45. The van der Waals surface area contributed by atoms with Crippen molar-refractivity contribution in [3.05, 3.63) is 0 Å². The summed E-state index contributed by atoms with van der Waals surface area (Å²) >= 11 is 0. The van der Waals surface area contributed by atoms with Crippen LogP contribution in [0.4, 0.5) is 4.79 Å². The molecule has 3 amide bonds. The fraction of sp³-hybridized carbons (Fsp3) is 0.667. The predicted molar refractivity (Wildman–Crippen MR) is 86.4 cm³/mol. The molecule has 0 spiro atoms. The van der Waals surface area contributed by atoms with E-state index in [0.717, 1.165) is 6.54 Å². The average molecular weight is 307 g/mol. The first-order valence-electron chi connectivity index (χ1n) is 7.58. The maximum atomic E-state index is 12.2. The molecule has 1 aliphatic heterocycles. The molecule has 1 atom stereocenters. The Balaban J connectivity index is 2.48. The minimum atomic E-state index is -0.774. The van der Waals surface area contributed by atoms with Crippen molar-refractivity contribution in [2.75, 3.05) is 26.2 Å². The van der Waals surface area contributed by atoms with Crippen LogP contribution < -0.4 is 16.0 Å². The summed E-state index contributed by atoms with van der Waals surface area (Å²) in [5.74, 6) is 2.95. The van der Waals surface area contributed by atoms with E-state index in [-0.39, 0.29) is 11.9 Å². The smallest absolute Gasteiger partial charge is 0.325 e. The van der Waals surface area contributed by atoms with Crippen LogP contribution in [0.2, 0.25) is 0 Å². The predicted octanol–water partition coefficient (Wildman–Crippen LogP) is 0.285. The van der Waals surface area contributed by atoms with Crippen LogP contribution in [0.1, 0.15) is 33.6 Å². The summed E-state index contributed by atoms with van der Waals surface area (Å²) in [6.45, 7) is 7.58. The molecular weight excluding hydrogens is 282 g/mol. The Hall–Kier alpha value is -2.23. The molecule has 7 heteroatoms. The van der Waals surface area contributed by atoms with Crippen LogP contribution in [-0.4, -0.2) is 54.5 Å². The zero-order chi connectivity index (χ0) is 16.6. The molecule has 1 saturated heterocycles. The van der Waals surface area contributed by atoms with Gasteiger partial charge in [-0.15, -0.1) is 6.42 Å². The van der Waals surface area contributed by atoms with E-state index in [1.807, 2.05) is 13.8 Å². The summed E-state index contributed by atoms with van der Waals surface area (Å²) in [6.07, 6.45) is 6.37. The van der Waals surface area contributed by atoms with Crippen LogP contribution >= 0.6 is 0 Å². The Kier molecular flexibility index (Phi) is 6.70. The summed E-state index contributed by atoms with van der Waals surface area (Å²) in [6, 6.07) is -0.323.